The number of carbonyl (C=O) groups is 6. The van der Waals surface area contributed by atoms with Gasteiger partial charge in [0.2, 0.25) is 11.8 Å². The minimum Gasteiger partial charge on any atom is -0.462 e. The number of unbranched alkanes of at least 4 members (excludes halogenated alkanes) is 54. The van der Waals surface area contributed by atoms with Crippen molar-refractivity contribution < 1.29 is 95.2 Å². The SMILES string of the molecule is CCCCCCCCCCCCCC(=O)O[C@H](CCCCCCCCCCC)CC(=O)NC1[C@H](OCCN(C(=O)C[C@@H](CCCCCCCCCCC)OC(=O)CCCCCCCCCCCCC)c2cccc(OP(C)(=O)O)c2)OC(CO)[C@@H](OP(=O)(O)O)[C@@H]1OC(=O)C[C@@H](CCCCCCCCCCC)OC(=O)CCCCCCCCCCCCC. The topological polar surface area (TPSA) is 307 Å². The second kappa shape index (κ2) is 77.9. The van der Waals surface area contributed by atoms with Crippen molar-refractivity contribution in [3.63, 3.8) is 0 Å². The first-order valence-electron chi connectivity index (χ1n) is 50.7. The lowest BCUT2D eigenvalue weighted by Gasteiger charge is -2.45. The summed E-state index contributed by atoms with van der Waals surface area (Å²) in [6.45, 7) is 12.5. The van der Waals surface area contributed by atoms with Gasteiger partial charge in [0.1, 0.15) is 42.3 Å². The highest BCUT2D eigenvalue weighted by Gasteiger charge is 2.52. The maximum absolute atomic E-state index is 15.4. The number of rotatable bonds is 87. The van der Waals surface area contributed by atoms with Crippen LogP contribution in [0.15, 0.2) is 24.3 Å². The molecule has 9 atom stereocenters. The molecule has 22 nitrogen and oxygen atoms in total. The van der Waals surface area contributed by atoms with Gasteiger partial charge >= 0.3 is 39.3 Å². The summed E-state index contributed by atoms with van der Waals surface area (Å²) in [5.41, 5.74) is 0.209. The van der Waals surface area contributed by atoms with Crippen LogP contribution in [0.2, 0.25) is 0 Å². The van der Waals surface area contributed by atoms with Gasteiger partial charge in [-0.25, -0.2) is 9.13 Å². The number of phosphoric ester groups is 1. The lowest BCUT2D eigenvalue weighted by molar-refractivity contribution is -0.270. The molecule has 123 heavy (non-hydrogen) atoms. The smallest absolute Gasteiger partial charge is 0.462 e. The number of hydrogen-bond donors (Lipinski definition) is 5. The van der Waals surface area contributed by atoms with Crippen molar-refractivity contribution in [2.45, 2.75) is 534 Å². The quantitative estimate of drug-likeness (QED) is 0.0175. The van der Waals surface area contributed by atoms with Crippen LogP contribution in [0.4, 0.5) is 5.69 Å². The molecule has 0 aromatic heterocycles. The predicted molar refractivity (Wildman–Crippen MR) is 498 cm³/mol. The standard InChI is InChI=1S/C99H182N2O20P2/c1-8-14-20-26-32-38-41-47-53-59-65-74-92(105)115-85(70-62-56-50-44-35-29-23-17-11-4)80-90(103)100-96-98(119-95(108)82-87(72-64-58-52-46-37-31-25-19-13-6)117-94(107)76-67-61-55-49-43-40-34-28-22-16-10-3)97(121-123(111,112)113)89(83-102)118-99(96)114-78-77-101(84-69-68-73-88(79-84)120-122(7,109)110)91(104)81-86(71-63-57-51-45-36-30-24-18-12-5)116-93(106)75-66-60-54-48-42-39-33-27-21-15-9-2/h68-69,73,79,85-87,89,96-99,102H,8-67,70-72,74-78,80-83H2,1-7H3,(H,100,103)(H,109,110)(H2,111,112,113)/t85-,86-,87-,89?,96?,97-,98-,99-/m1/s1. The molecule has 0 aliphatic carbocycles. The number of nitrogens with one attached hydrogen (secondary N) is 1. The van der Waals surface area contributed by atoms with Gasteiger partial charge in [-0.2, -0.15) is 0 Å². The van der Waals surface area contributed by atoms with Gasteiger partial charge in [-0.1, -0.05) is 394 Å². The van der Waals surface area contributed by atoms with Crippen LogP contribution in [0.5, 0.6) is 5.75 Å². The highest BCUT2D eigenvalue weighted by molar-refractivity contribution is 7.52. The number of carbonyl (C=O) groups excluding carboxylic acids is 6. The van der Waals surface area contributed by atoms with E-state index in [1.54, 1.807) is 12.1 Å². The predicted octanol–water partition coefficient (Wildman–Crippen LogP) is 26.6. The van der Waals surface area contributed by atoms with E-state index in [9.17, 15) is 43.3 Å². The summed E-state index contributed by atoms with van der Waals surface area (Å²) < 4.78 is 75.1. The van der Waals surface area contributed by atoms with E-state index in [4.69, 9.17) is 37.5 Å². The van der Waals surface area contributed by atoms with Gasteiger partial charge in [0, 0.05) is 44.2 Å². The van der Waals surface area contributed by atoms with Gasteiger partial charge in [0.05, 0.1) is 32.5 Å². The summed E-state index contributed by atoms with van der Waals surface area (Å²) in [7, 11) is -9.72. The first-order valence-corrected chi connectivity index (χ1v) is 54.2. The number of hydrogen-bond acceptors (Lipinski definition) is 17. The number of aliphatic hydroxyl groups excluding tert-OH is 1. The summed E-state index contributed by atoms with van der Waals surface area (Å²) in [6.07, 6.45) is 54.5. The third-order valence-electron chi connectivity index (χ3n) is 23.9. The van der Waals surface area contributed by atoms with Crippen molar-refractivity contribution in [1.29, 1.82) is 0 Å². The Labute approximate surface area is 748 Å². The molecule has 0 radical (unpaired) electrons. The van der Waals surface area contributed by atoms with Gasteiger partial charge in [0.25, 0.3) is 0 Å². The van der Waals surface area contributed by atoms with Gasteiger partial charge in [-0.05, 0) is 69.9 Å². The lowest BCUT2D eigenvalue weighted by atomic mass is 9.96. The molecule has 1 aromatic carbocycles. The summed E-state index contributed by atoms with van der Waals surface area (Å²) >= 11 is 0. The molecule has 0 spiro atoms. The van der Waals surface area contributed by atoms with Gasteiger partial charge < -0.3 is 62.9 Å². The van der Waals surface area contributed by atoms with Gasteiger partial charge in [-0.3, -0.25) is 33.3 Å². The number of phosphoric acid groups is 1. The van der Waals surface area contributed by atoms with Crippen LogP contribution in [-0.2, 0) is 70.8 Å². The Morgan fingerprint density at radius 3 is 1.06 bits per heavy atom. The molecule has 3 unspecified atom stereocenters. The first kappa shape index (κ1) is 115. The molecule has 1 aliphatic rings. The second-order valence-electron chi connectivity index (χ2n) is 35.8. The average Bonchev–Trinajstić information content (AvgIpc) is 0.779. The van der Waals surface area contributed by atoms with Crippen LogP contribution in [-0.4, -0.2) is 131 Å². The third-order valence-corrected chi connectivity index (χ3v) is 25.0. The van der Waals surface area contributed by atoms with E-state index in [0.29, 0.717) is 57.8 Å². The van der Waals surface area contributed by atoms with Crippen LogP contribution < -0.4 is 14.7 Å². The largest absolute Gasteiger partial charge is 0.470 e. The zero-order valence-electron chi connectivity index (χ0n) is 79.0. The van der Waals surface area contributed by atoms with Gasteiger partial charge in [-0.15, -0.1) is 0 Å². The van der Waals surface area contributed by atoms with Crippen LogP contribution in [0.3, 0.4) is 0 Å². The fourth-order valence-electron chi connectivity index (χ4n) is 16.7. The molecule has 0 bridgehead atoms. The first-order chi connectivity index (χ1) is 59.6. The summed E-state index contributed by atoms with van der Waals surface area (Å²) in [4.78, 5) is 121. The minimum absolute atomic E-state index is 0.0282. The van der Waals surface area contributed by atoms with Crippen LogP contribution >= 0.6 is 15.4 Å². The molecular formula is C99H182N2O20P2. The number of amides is 2. The molecule has 1 saturated heterocycles. The van der Waals surface area contributed by atoms with Gasteiger partial charge in [0.15, 0.2) is 12.4 Å². The van der Waals surface area contributed by atoms with Crippen molar-refractivity contribution in [2.75, 3.05) is 31.3 Å². The van der Waals surface area contributed by atoms with Crippen LogP contribution in [0.25, 0.3) is 0 Å². The number of nitrogens with zero attached hydrogens (tertiary/aromatic N) is 1. The van der Waals surface area contributed by atoms with E-state index < -0.39 is 126 Å². The Morgan fingerprint density at radius 2 is 0.732 bits per heavy atom. The monoisotopic (exact) mass is 1780 g/mol. The van der Waals surface area contributed by atoms with Crippen molar-refractivity contribution in [3.05, 3.63) is 24.3 Å². The molecule has 2 rings (SSSR count). The molecule has 0 saturated carbocycles. The van der Waals surface area contributed by atoms with Crippen LogP contribution in [0.1, 0.15) is 485 Å². The Bertz CT molecular complexity index is 2840. The lowest BCUT2D eigenvalue weighted by Crippen LogP contribution is -2.66. The average molecular weight is 1780 g/mol. The Balaban J connectivity index is 2.80. The van der Waals surface area contributed by atoms with E-state index in [2.05, 4.69) is 46.9 Å². The summed E-state index contributed by atoms with van der Waals surface area (Å²) in [5, 5.41) is 14.2. The fourth-order valence-corrected chi connectivity index (χ4v) is 17.7. The van der Waals surface area contributed by atoms with E-state index in [-0.39, 0.29) is 43.7 Å². The highest BCUT2D eigenvalue weighted by Crippen LogP contribution is 2.43. The zero-order chi connectivity index (χ0) is 89.9. The normalized spacial score (nSPS) is 16.7. The molecule has 2 amide bonds. The molecule has 718 valence electrons. The maximum Gasteiger partial charge on any atom is 0.470 e. The molecular weight excluding hydrogens is 1600 g/mol. The Morgan fingerprint density at radius 1 is 0.415 bits per heavy atom. The second-order valence-corrected chi connectivity index (χ2v) is 38.8. The van der Waals surface area contributed by atoms with E-state index in [0.717, 1.165) is 193 Å². The van der Waals surface area contributed by atoms with E-state index in [1.807, 2.05) is 0 Å². The number of anilines is 1. The molecule has 24 heteroatoms. The summed E-state index contributed by atoms with van der Waals surface area (Å²) in [5.74, 6) is -3.58. The van der Waals surface area contributed by atoms with Crippen molar-refractivity contribution in [2.24, 2.45) is 0 Å². The van der Waals surface area contributed by atoms with Crippen molar-refractivity contribution in [1.82, 2.24) is 5.32 Å². The number of benzene rings is 1. The minimum atomic E-state index is -5.58. The fraction of sp³-hybridized carbons (Fsp3) is 0.879. The van der Waals surface area contributed by atoms with E-state index in [1.165, 1.54) is 178 Å². The molecule has 5 N–H and O–H groups in total. The molecule has 1 fully saturated rings. The Kier molecular flexibility index (Phi) is 72.9. The number of ether oxygens (including phenoxy) is 6. The Hall–Kier alpha value is -3.98. The maximum atomic E-state index is 15.4. The molecule has 1 heterocycles. The van der Waals surface area contributed by atoms with Crippen LogP contribution in [0, 0.1) is 0 Å². The zero-order valence-corrected chi connectivity index (χ0v) is 80.8. The summed E-state index contributed by atoms with van der Waals surface area (Å²) in [6, 6.07) is 4.35. The van der Waals surface area contributed by atoms with Crippen molar-refractivity contribution >= 4 is 56.8 Å². The molecule has 1 aromatic rings. The number of esters is 4. The van der Waals surface area contributed by atoms with Crippen molar-refractivity contribution in [3.8, 4) is 5.75 Å². The third kappa shape index (κ3) is 65.3. The molecule has 1 aliphatic heterocycles. The van der Waals surface area contributed by atoms with E-state index >= 15 is 14.4 Å². The number of aliphatic hydroxyl groups is 1. The highest BCUT2D eigenvalue weighted by atomic mass is 31.2.